The van der Waals surface area contributed by atoms with E-state index in [1.807, 2.05) is 6.07 Å². The SMILES string of the molecule is O=S(O)CC1C=c2ccccc2=c2ccc3c(c21)CCCC=3. The van der Waals surface area contributed by atoms with Crippen molar-refractivity contribution >= 4 is 23.2 Å². The Bertz CT molecular complexity index is 975. The molecule has 2 aromatic rings. The molecule has 0 saturated heterocycles. The van der Waals surface area contributed by atoms with Crippen LogP contribution in [0.25, 0.3) is 12.2 Å². The summed E-state index contributed by atoms with van der Waals surface area (Å²) in [7, 11) is 0. The second-order valence-corrected chi connectivity index (χ2v) is 7.02. The van der Waals surface area contributed by atoms with Gasteiger partial charge in [-0.2, -0.15) is 0 Å². The zero-order chi connectivity index (χ0) is 15.1. The molecule has 0 spiro atoms. The van der Waals surface area contributed by atoms with Gasteiger partial charge in [-0.05, 0) is 51.3 Å². The minimum Gasteiger partial charge on any atom is -0.306 e. The molecule has 22 heavy (non-hydrogen) atoms. The predicted molar refractivity (Wildman–Crippen MR) is 90.1 cm³/mol. The van der Waals surface area contributed by atoms with Crippen LogP contribution in [0.15, 0.2) is 36.4 Å². The molecule has 0 bridgehead atoms. The van der Waals surface area contributed by atoms with Crippen LogP contribution in [-0.4, -0.2) is 14.5 Å². The molecule has 0 fully saturated rings. The fourth-order valence-electron chi connectivity index (χ4n) is 3.82. The maximum Gasteiger partial charge on any atom is 0.153 e. The molecule has 2 aliphatic rings. The van der Waals surface area contributed by atoms with Crippen LogP contribution in [0.1, 0.15) is 29.9 Å². The van der Waals surface area contributed by atoms with Gasteiger partial charge in [0.05, 0.1) is 5.75 Å². The van der Waals surface area contributed by atoms with E-state index in [-0.39, 0.29) is 11.7 Å². The van der Waals surface area contributed by atoms with Gasteiger partial charge in [0.2, 0.25) is 0 Å². The summed E-state index contributed by atoms with van der Waals surface area (Å²) in [5, 5.41) is 4.96. The van der Waals surface area contributed by atoms with Gasteiger partial charge >= 0.3 is 0 Å². The lowest BCUT2D eigenvalue weighted by Gasteiger charge is -2.22. The highest BCUT2D eigenvalue weighted by atomic mass is 32.2. The van der Waals surface area contributed by atoms with E-state index in [9.17, 15) is 8.76 Å². The summed E-state index contributed by atoms with van der Waals surface area (Å²) in [4.78, 5) is 0. The summed E-state index contributed by atoms with van der Waals surface area (Å²) in [5.74, 6) is 0.301. The molecule has 0 heterocycles. The summed E-state index contributed by atoms with van der Waals surface area (Å²) in [6.07, 6.45) is 7.83. The van der Waals surface area contributed by atoms with E-state index < -0.39 is 11.1 Å². The van der Waals surface area contributed by atoms with E-state index >= 15 is 0 Å². The van der Waals surface area contributed by atoms with Gasteiger partial charge in [0, 0.05) is 5.92 Å². The van der Waals surface area contributed by atoms with Crippen LogP contribution < -0.4 is 10.4 Å². The molecule has 0 radical (unpaired) electrons. The number of fused-ring (bicyclic) bond motifs is 4. The van der Waals surface area contributed by atoms with Crippen LogP contribution in [-0.2, 0) is 17.5 Å². The average molecular weight is 310 g/mol. The first kappa shape index (κ1) is 13.9. The molecule has 1 N–H and O–H groups in total. The minimum absolute atomic E-state index is 0.0252. The fourth-order valence-corrected chi connectivity index (χ4v) is 4.39. The molecule has 2 nitrogen and oxygen atoms in total. The van der Waals surface area contributed by atoms with Crippen molar-refractivity contribution in [2.45, 2.75) is 25.2 Å². The lowest BCUT2D eigenvalue weighted by Crippen LogP contribution is -2.24. The Balaban J connectivity index is 2.14. The van der Waals surface area contributed by atoms with Crippen LogP contribution >= 0.6 is 0 Å². The lowest BCUT2D eigenvalue weighted by atomic mass is 9.84. The largest absolute Gasteiger partial charge is 0.306 e. The second-order valence-electron chi connectivity index (χ2n) is 6.04. The van der Waals surface area contributed by atoms with Gasteiger partial charge in [-0.25, -0.2) is 4.21 Å². The molecule has 4 rings (SSSR count). The topological polar surface area (TPSA) is 37.3 Å². The highest BCUT2D eigenvalue weighted by Gasteiger charge is 2.21. The number of rotatable bonds is 2. The van der Waals surface area contributed by atoms with E-state index in [0.717, 1.165) is 12.8 Å². The Hall–Kier alpha value is -1.71. The molecular formula is C19H18O2S. The molecule has 2 atom stereocenters. The Morgan fingerprint density at radius 2 is 1.95 bits per heavy atom. The van der Waals surface area contributed by atoms with Gasteiger partial charge in [0.25, 0.3) is 0 Å². The molecule has 2 unspecified atom stereocenters. The summed E-state index contributed by atoms with van der Waals surface area (Å²) < 4.78 is 20.9. The van der Waals surface area contributed by atoms with Crippen molar-refractivity contribution in [3.05, 3.63) is 68.4 Å². The zero-order valence-electron chi connectivity index (χ0n) is 12.3. The third-order valence-corrected chi connectivity index (χ3v) is 5.36. The maximum atomic E-state index is 11.4. The van der Waals surface area contributed by atoms with Crippen molar-refractivity contribution in [2.24, 2.45) is 0 Å². The van der Waals surface area contributed by atoms with Crippen molar-refractivity contribution in [3.8, 4) is 0 Å². The van der Waals surface area contributed by atoms with Crippen molar-refractivity contribution in [1.82, 2.24) is 0 Å². The maximum absolute atomic E-state index is 11.4. The Kier molecular flexibility index (Phi) is 3.47. The predicted octanol–water partition coefficient (Wildman–Crippen LogP) is 2.19. The van der Waals surface area contributed by atoms with Gasteiger partial charge in [-0.1, -0.05) is 48.6 Å². The number of hydrogen-bond acceptors (Lipinski definition) is 1. The first-order valence-electron chi connectivity index (χ1n) is 7.75. The van der Waals surface area contributed by atoms with E-state index in [4.69, 9.17) is 0 Å². The van der Waals surface area contributed by atoms with Crippen LogP contribution in [0.5, 0.6) is 0 Å². The summed E-state index contributed by atoms with van der Waals surface area (Å²) in [6.45, 7) is 0. The first-order chi connectivity index (χ1) is 10.7. The molecular weight excluding hydrogens is 292 g/mol. The number of benzene rings is 2. The fraction of sp³-hybridized carbons (Fsp3) is 0.263. The highest BCUT2D eigenvalue weighted by molar-refractivity contribution is 7.79. The normalized spacial score (nSPS) is 20.0. The summed E-state index contributed by atoms with van der Waals surface area (Å²) in [5.41, 5.74) is 2.65. The molecule has 2 aromatic carbocycles. The molecule has 0 aromatic heterocycles. The molecule has 112 valence electrons. The summed E-state index contributed by atoms with van der Waals surface area (Å²) in [6, 6.07) is 12.7. The van der Waals surface area contributed by atoms with Crippen LogP contribution in [0.4, 0.5) is 0 Å². The Morgan fingerprint density at radius 1 is 1.09 bits per heavy atom. The number of hydrogen-bond donors (Lipinski definition) is 1. The smallest absolute Gasteiger partial charge is 0.153 e. The minimum atomic E-state index is -1.79. The van der Waals surface area contributed by atoms with Gasteiger partial charge < -0.3 is 4.55 Å². The Morgan fingerprint density at radius 3 is 2.82 bits per heavy atom. The van der Waals surface area contributed by atoms with Crippen LogP contribution in [0.2, 0.25) is 0 Å². The van der Waals surface area contributed by atoms with E-state index in [0.29, 0.717) is 0 Å². The van der Waals surface area contributed by atoms with Crippen LogP contribution in [0.3, 0.4) is 0 Å². The molecule has 2 aliphatic carbocycles. The molecule has 0 saturated carbocycles. The molecule has 0 aliphatic heterocycles. The van der Waals surface area contributed by atoms with Gasteiger partial charge in [-0.3, -0.25) is 0 Å². The van der Waals surface area contributed by atoms with Crippen molar-refractivity contribution in [1.29, 1.82) is 0 Å². The third kappa shape index (κ3) is 2.25. The zero-order valence-corrected chi connectivity index (χ0v) is 13.1. The average Bonchev–Trinajstić information content (AvgIpc) is 2.54. The molecule has 3 heteroatoms. The van der Waals surface area contributed by atoms with Crippen molar-refractivity contribution < 1.29 is 8.76 Å². The van der Waals surface area contributed by atoms with Gasteiger partial charge in [0.15, 0.2) is 11.1 Å². The molecule has 0 amide bonds. The van der Waals surface area contributed by atoms with E-state index in [1.165, 1.54) is 38.4 Å². The second kappa shape index (κ2) is 5.49. The van der Waals surface area contributed by atoms with Crippen molar-refractivity contribution in [2.75, 3.05) is 5.75 Å². The van der Waals surface area contributed by atoms with Gasteiger partial charge in [0.1, 0.15) is 0 Å². The monoisotopic (exact) mass is 310 g/mol. The van der Waals surface area contributed by atoms with Gasteiger partial charge in [-0.15, -0.1) is 0 Å². The lowest BCUT2D eigenvalue weighted by molar-refractivity contribution is 0.561. The summed E-state index contributed by atoms with van der Waals surface area (Å²) >= 11 is -1.79. The Labute approximate surface area is 131 Å². The third-order valence-electron chi connectivity index (χ3n) is 4.71. The first-order valence-corrected chi connectivity index (χ1v) is 9.02. The van der Waals surface area contributed by atoms with E-state index in [1.54, 1.807) is 0 Å². The standard InChI is InChI=1S/C19H18O2S/c20-22(21)12-15-11-14-6-2-3-7-16(14)18-10-9-13-5-1-4-8-17(13)19(15)18/h2-3,5-7,9-11,15H,1,4,8,12H2,(H,20,21). The highest BCUT2D eigenvalue weighted by Crippen LogP contribution is 2.27. The van der Waals surface area contributed by atoms with E-state index in [2.05, 4.69) is 42.5 Å². The quantitative estimate of drug-likeness (QED) is 0.864. The van der Waals surface area contributed by atoms with Crippen LogP contribution in [0, 0.1) is 10.4 Å². The van der Waals surface area contributed by atoms with Crippen molar-refractivity contribution in [3.63, 3.8) is 0 Å².